The Kier molecular flexibility index (Phi) is 6.15. The molecule has 1 aliphatic carbocycles. The standard InChI is InChI=1S/C16H25NO3/c1-3-8-19-9-10-20-16-11-13(4-7-15(16)18-2)12-17-14-5-6-14/h4,7,11,14,17H,3,5-6,8-10,12H2,1-2H3. The van der Waals surface area contributed by atoms with Gasteiger partial charge < -0.3 is 19.5 Å². The molecule has 2 rings (SSSR count). The molecule has 1 fully saturated rings. The van der Waals surface area contributed by atoms with E-state index in [9.17, 15) is 0 Å². The normalized spacial score (nSPS) is 14.3. The van der Waals surface area contributed by atoms with Gasteiger partial charge in [0.05, 0.1) is 13.7 Å². The topological polar surface area (TPSA) is 39.7 Å². The Morgan fingerprint density at radius 3 is 2.70 bits per heavy atom. The molecule has 4 nitrogen and oxygen atoms in total. The van der Waals surface area contributed by atoms with Crippen LogP contribution >= 0.6 is 0 Å². The molecule has 1 saturated carbocycles. The first kappa shape index (κ1) is 15.1. The summed E-state index contributed by atoms with van der Waals surface area (Å²) in [5.74, 6) is 1.57. The average Bonchev–Trinajstić information content (AvgIpc) is 3.29. The van der Waals surface area contributed by atoms with Gasteiger partial charge in [0.25, 0.3) is 0 Å². The fourth-order valence-electron chi connectivity index (χ4n) is 1.95. The molecule has 0 unspecified atom stereocenters. The summed E-state index contributed by atoms with van der Waals surface area (Å²) in [5.41, 5.74) is 1.22. The van der Waals surface area contributed by atoms with Crippen LogP contribution in [-0.4, -0.2) is 33.0 Å². The molecule has 1 aromatic carbocycles. The molecule has 112 valence electrons. The van der Waals surface area contributed by atoms with Crippen molar-refractivity contribution in [3.05, 3.63) is 23.8 Å². The zero-order valence-electron chi connectivity index (χ0n) is 12.5. The predicted octanol–water partition coefficient (Wildman–Crippen LogP) is 2.75. The average molecular weight is 279 g/mol. The molecular formula is C16H25NO3. The van der Waals surface area contributed by atoms with Gasteiger partial charge in [-0.05, 0) is 37.0 Å². The molecule has 0 aromatic heterocycles. The molecule has 0 amide bonds. The number of nitrogens with one attached hydrogen (secondary N) is 1. The Bertz CT molecular complexity index is 405. The summed E-state index contributed by atoms with van der Waals surface area (Å²) >= 11 is 0. The van der Waals surface area contributed by atoms with E-state index in [0.717, 1.165) is 31.1 Å². The van der Waals surface area contributed by atoms with Gasteiger partial charge >= 0.3 is 0 Å². The molecule has 1 N–H and O–H groups in total. The molecule has 4 heteroatoms. The summed E-state index contributed by atoms with van der Waals surface area (Å²) in [7, 11) is 1.66. The SMILES string of the molecule is CCCOCCOc1cc(CNC2CC2)ccc1OC. The Morgan fingerprint density at radius 2 is 2.00 bits per heavy atom. The van der Waals surface area contributed by atoms with E-state index in [0.29, 0.717) is 19.3 Å². The second kappa shape index (κ2) is 8.12. The summed E-state index contributed by atoms with van der Waals surface area (Å²) < 4.78 is 16.5. The van der Waals surface area contributed by atoms with E-state index >= 15 is 0 Å². The van der Waals surface area contributed by atoms with Crippen molar-refractivity contribution in [1.82, 2.24) is 5.32 Å². The fourth-order valence-corrected chi connectivity index (χ4v) is 1.95. The molecule has 0 heterocycles. The van der Waals surface area contributed by atoms with E-state index in [1.165, 1.54) is 18.4 Å². The first-order valence-corrected chi connectivity index (χ1v) is 7.44. The molecule has 0 spiro atoms. The van der Waals surface area contributed by atoms with Crippen LogP contribution in [0.1, 0.15) is 31.7 Å². The van der Waals surface area contributed by atoms with Gasteiger partial charge in [0.15, 0.2) is 11.5 Å². The Balaban J connectivity index is 1.84. The molecule has 0 saturated heterocycles. The van der Waals surface area contributed by atoms with Crippen LogP contribution in [0.3, 0.4) is 0 Å². The number of rotatable bonds is 10. The number of benzene rings is 1. The van der Waals surface area contributed by atoms with Crippen LogP contribution in [0, 0.1) is 0 Å². The Hall–Kier alpha value is -1.26. The van der Waals surface area contributed by atoms with Crippen molar-refractivity contribution in [2.24, 2.45) is 0 Å². The van der Waals surface area contributed by atoms with Gasteiger partial charge in [-0.25, -0.2) is 0 Å². The smallest absolute Gasteiger partial charge is 0.161 e. The highest BCUT2D eigenvalue weighted by Gasteiger charge is 2.20. The van der Waals surface area contributed by atoms with E-state index in [-0.39, 0.29) is 0 Å². The zero-order valence-corrected chi connectivity index (χ0v) is 12.5. The minimum Gasteiger partial charge on any atom is -0.493 e. The van der Waals surface area contributed by atoms with E-state index in [1.54, 1.807) is 7.11 Å². The summed E-state index contributed by atoms with van der Waals surface area (Å²) in [5, 5.41) is 3.50. The van der Waals surface area contributed by atoms with E-state index in [4.69, 9.17) is 14.2 Å². The summed E-state index contributed by atoms with van der Waals surface area (Å²) in [6.45, 7) is 4.93. The van der Waals surface area contributed by atoms with Crippen molar-refractivity contribution < 1.29 is 14.2 Å². The van der Waals surface area contributed by atoms with Crippen molar-refractivity contribution in [1.29, 1.82) is 0 Å². The number of hydrogen-bond acceptors (Lipinski definition) is 4. The van der Waals surface area contributed by atoms with Crippen molar-refractivity contribution >= 4 is 0 Å². The molecular weight excluding hydrogens is 254 g/mol. The minimum absolute atomic E-state index is 0.551. The van der Waals surface area contributed by atoms with Crippen LogP contribution in [0.2, 0.25) is 0 Å². The van der Waals surface area contributed by atoms with Crippen LogP contribution in [0.25, 0.3) is 0 Å². The van der Waals surface area contributed by atoms with Crippen LogP contribution in [0.5, 0.6) is 11.5 Å². The number of methoxy groups -OCH3 is 1. The lowest BCUT2D eigenvalue weighted by Gasteiger charge is -2.13. The molecule has 0 radical (unpaired) electrons. The monoisotopic (exact) mass is 279 g/mol. The second-order valence-electron chi connectivity index (χ2n) is 5.10. The maximum atomic E-state index is 5.76. The third kappa shape index (κ3) is 5.02. The molecule has 1 aliphatic rings. The third-order valence-electron chi connectivity index (χ3n) is 3.23. The number of hydrogen-bond donors (Lipinski definition) is 1. The highest BCUT2D eigenvalue weighted by Crippen LogP contribution is 2.28. The van der Waals surface area contributed by atoms with Gasteiger partial charge in [0.2, 0.25) is 0 Å². The first-order valence-electron chi connectivity index (χ1n) is 7.44. The van der Waals surface area contributed by atoms with Gasteiger partial charge in [-0.15, -0.1) is 0 Å². The lowest BCUT2D eigenvalue weighted by atomic mass is 10.2. The molecule has 20 heavy (non-hydrogen) atoms. The van der Waals surface area contributed by atoms with E-state index in [1.807, 2.05) is 12.1 Å². The lowest BCUT2D eigenvalue weighted by Crippen LogP contribution is -2.15. The summed E-state index contributed by atoms with van der Waals surface area (Å²) in [6, 6.07) is 6.80. The van der Waals surface area contributed by atoms with Crippen molar-refractivity contribution in [3.8, 4) is 11.5 Å². The Labute approximate surface area is 121 Å². The van der Waals surface area contributed by atoms with E-state index in [2.05, 4.69) is 18.3 Å². The predicted molar refractivity (Wildman–Crippen MR) is 79.5 cm³/mol. The van der Waals surface area contributed by atoms with Gasteiger partial charge in [0, 0.05) is 19.2 Å². The lowest BCUT2D eigenvalue weighted by molar-refractivity contribution is 0.0995. The maximum absolute atomic E-state index is 5.76. The van der Waals surface area contributed by atoms with Crippen molar-refractivity contribution in [3.63, 3.8) is 0 Å². The van der Waals surface area contributed by atoms with E-state index < -0.39 is 0 Å². The van der Waals surface area contributed by atoms with Crippen molar-refractivity contribution in [2.75, 3.05) is 26.9 Å². The van der Waals surface area contributed by atoms with Crippen LogP contribution in [-0.2, 0) is 11.3 Å². The van der Waals surface area contributed by atoms with Crippen LogP contribution in [0.4, 0.5) is 0 Å². The maximum Gasteiger partial charge on any atom is 0.161 e. The minimum atomic E-state index is 0.551. The first-order chi connectivity index (χ1) is 9.83. The van der Waals surface area contributed by atoms with Crippen molar-refractivity contribution in [2.45, 2.75) is 38.8 Å². The summed E-state index contributed by atoms with van der Waals surface area (Å²) in [6.07, 6.45) is 3.63. The van der Waals surface area contributed by atoms with Gasteiger partial charge in [-0.2, -0.15) is 0 Å². The molecule has 0 bridgehead atoms. The third-order valence-corrected chi connectivity index (χ3v) is 3.23. The molecule has 0 aliphatic heterocycles. The second-order valence-corrected chi connectivity index (χ2v) is 5.10. The highest BCUT2D eigenvalue weighted by atomic mass is 16.5. The molecule has 0 atom stereocenters. The largest absolute Gasteiger partial charge is 0.493 e. The zero-order chi connectivity index (χ0) is 14.2. The quantitative estimate of drug-likeness (QED) is 0.669. The van der Waals surface area contributed by atoms with Gasteiger partial charge in [0.1, 0.15) is 6.61 Å². The fraction of sp³-hybridized carbons (Fsp3) is 0.625. The van der Waals surface area contributed by atoms with Gasteiger partial charge in [-0.1, -0.05) is 13.0 Å². The summed E-state index contributed by atoms with van der Waals surface area (Å²) in [4.78, 5) is 0. The molecule has 1 aromatic rings. The van der Waals surface area contributed by atoms with Gasteiger partial charge in [-0.3, -0.25) is 0 Å². The highest BCUT2D eigenvalue weighted by molar-refractivity contribution is 5.43. The Morgan fingerprint density at radius 1 is 1.15 bits per heavy atom. The van der Waals surface area contributed by atoms with Crippen LogP contribution in [0.15, 0.2) is 18.2 Å². The van der Waals surface area contributed by atoms with Crippen LogP contribution < -0.4 is 14.8 Å². The number of ether oxygens (including phenoxy) is 3.